The minimum absolute atomic E-state index is 0.119. The number of morpholine rings is 1. The normalized spacial score (nSPS) is 17.1. The van der Waals surface area contributed by atoms with Crippen molar-refractivity contribution in [2.45, 2.75) is 12.5 Å². The Bertz CT molecular complexity index is 746. The molecule has 1 aliphatic heterocycles. The van der Waals surface area contributed by atoms with Crippen LogP contribution in [0.2, 0.25) is 0 Å². The summed E-state index contributed by atoms with van der Waals surface area (Å²) in [4.78, 5) is 25.4. The molecule has 0 bridgehead atoms. The molecule has 0 spiro atoms. The zero-order valence-electron chi connectivity index (χ0n) is 13.6. The van der Waals surface area contributed by atoms with Crippen molar-refractivity contribution < 1.29 is 24.2 Å². The van der Waals surface area contributed by atoms with E-state index in [1.54, 1.807) is 23.1 Å². The fourth-order valence-electron chi connectivity index (χ4n) is 2.74. The van der Waals surface area contributed by atoms with E-state index in [-0.39, 0.29) is 18.9 Å². The van der Waals surface area contributed by atoms with Crippen molar-refractivity contribution >= 4 is 11.9 Å². The van der Waals surface area contributed by atoms with E-state index >= 15 is 0 Å². The van der Waals surface area contributed by atoms with Gasteiger partial charge in [0.2, 0.25) is 0 Å². The molecule has 2 aromatic rings. The highest BCUT2D eigenvalue weighted by atomic mass is 16.5. The maximum atomic E-state index is 12.9. The van der Waals surface area contributed by atoms with Crippen LogP contribution in [0.15, 0.2) is 54.6 Å². The van der Waals surface area contributed by atoms with Crippen LogP contribution in [0, 0.1) is 0 Å². The van der Waals surface area contributed by atoms with E-state index < -0.39 is 12.1 Å². The van der Waals surface area contributed by atoms with Gasteiger partial charge in [-0.2, -0.15) is 0 Å². The minimum atomic E-state index is -0.938. The Kier molecular flexibility index (Phi) is 5.30. The highest BCUT2D eigenvalue weighted by Crippen LogP contribution is 2.26. The van der Waals surface area contributed by atoms with E-state index in [4.69, 9.17) is 14.6 Å². The molecule has 0 radical (unpaired) electrons. The topological polar surface area (TPSA) is 76.1 Å². The Morgan fingerprint density at radius 3 is 2.60 bits per heavy atom. The molecular weight excluding hydrogens is 322 g/mol. The van der Waals surface area contributed by atoms with E-state index in [0.29, 0.717) is 30.2 Å². The molecule has 1 N–H and O–H groups in total. The highest BCUT2D eigenvalue weighted by Gasteiger charge is 2.28. The first kappa shape index (κ1) is 17.0. The van der Waals surface area contributed by atoms with Gasteiger partial charge in [0, 0.05) is 13.1 Å². The standard InChI is InChI=1S/C19H19NO5/c21-18(22)12-15-13-20(10-11-24-15)19(23)16-8-4-5-9-17(16)25-14-6-2-1-3-7-14/h1-9,15H,10-13H2,(H,21,22)/t15-/m0/s1. The second kappa shape index (κ2) is 7.81. The Balaban J connectivity index is 1.77. The number of hydrogen-bond donors (Lipinski definition) is 1. The van der Waals surface area contributed by atoms with Crippen LogP contribution in [-0.2, 0) is 9.53 Å². The number of ether oxygens (including phenoxy) is 2. The molecule has 1 aliphatic rings. The van der Waals surface area contributed by atoms with Crippen molar-refractivity contribution in [3.63, 3.8) is 0 Å². The van der Waals surface area contributed by atoms with Crippen LogP contribution in [0.1, 0.15) is 16.8 Å². The molecule has 1 amide bonds. The molecule has 6 heteroatoms. The van der Waals surface area contributed by atoms with Gasteiger partial charge in [0.05, 0.1) is 24.7 Å². The second-order valence-electron chi connectivity index (χ2n) is 5.75. The number of nitrogens with zero attached hydrogens (tertiary/aromatic N) is 1. The number of carboxylic acids is 1. The first-order valence-corrected chi connectivity index (χ1v) is 8.08. The van der Waals surface area contributed by atoms with Crippen molar-refractivity contribution in [1.29, 1.82) is 0 Å². The molecule has 1 fully saturated rings. The molecule has 0 aromatic heterocycles. The molecule has 1 saturated heterocycles. The van der Waals surface area contributed by atoms with Gasteiger partial charge in [0.15, 0.2) is 0 Å². The van der Waals surface area contributed by atoms with Crippen molar-refractivity contribution in [2.75, 3.05) is 19.7 Å². The van der Waals surface area contributed by atoms with Crippen LogP contribution < -0.4 is 4.74 Å². The number of para-hydroxylation sites is 2. The monoisotopic (exact) mass is 341 g/mol. The van der Waals surface area contributed by atoms with Gasteiger partial charge in [-0.05, 0) is 24.3 Å². The van der Waals surface area contributed by atoms with Gasteiger partial charge in [0.25, 0.3) is 5.91 Å². The van der Waals surface area contributed by atoms with Gasteiger partial charge >= 0.3 is 5.97 Å². The Morgan fingerprint density at radius 1 is 1.12 bits per heavy atom. The molecule has 6 nitrogen and oxygen atoms in total. The van der Waals surface area contributed by atoms with Crippen LogP contribution in [0.25, 0.3) is 0 Å². The van der Waals surface area contributed by atoms with Crippen LogP contribution in [0.3, 0.4) is 0 Å². The predicted molar refractivity (Wildman–Crippen MR) is 90.9 cm³/mol. The average Bonchev–Trinajstić information content (AvgIpc) is 2.62. The maximum Gasteiger partial charge on any atom is 0.306 e. The van der Waals surface area contributed by atoms with E-state index in [9.17, 15) is 9.59 Å². The molecular formula is C19H19NO5. The van der Waals surface area contributed by atoms with Crippen LogP contribution >= 0.6 is 0 Å². The van der Waals surface area contributed by atoms with Crippen molar-refractivity contribution in [3.05, 3.63) is 60.2 Å². The van der Waals surface area contributed by atoms with Crippen molar-refractivity contribution in [2.24, 2.45) is 0 Å². The summed E-state index contributed by atoms with van der Waals surface area (Å²) in [6.07, 6.45) is -0.608. The summed E-state index contributed by atoms with van der Waals surface area (Å²) in [5.41, 5.74) is 0.447. The van der Waals surface area contributed by atoms with Gasteiger partial charge in [-0.1, -0.05) is 30.3 Å². The lowest BCUT2D eigenvalue weighted by Gasteiger charge is -2.32. The Morgan fingerprint density at radius 2 is 1.84 bits per heavy atom. The average molecular weight is 341 g/mol. The third kappa shape index (κ3) is 4.36. The number of amides is 1. The summed E-state index contributed by atoms with van der Waals surface area (Å²) in [6, 6.07) is 16.3. The lowest BCUT2D eigenvalue weighted by atomic mass is 10.1. The first-order chi connectivity index (χ1) is 12.1. The van der Waals surface area contributed by atoms with Crippen LogP contribution in [0.4, 0.5) is 0 Å². The zero-order chi connectivity index (χ0) is 17.6. The third-order valence-corrected chi connectivity index (χ3v) is 3.92. The molecule has 0 unspecified atom stereocenters. The quantitative estimate of drug-likeness (QED) is 0.905. The van der Waals surface area contributed by atoms with E-state index in [1.807, 2.05) is 36.4 Å². The van der Waals surface area contributed by atoms with Crippen LogP contribution in [0.5, 0.6) is 11.5 Å². The SMILES string of the molecule is O=C(O)C[C@H]1CN(C(=O)c2ccccc2Oc2ccccc2)CCO1. The van der Waals surface area contributed by atoms with Crippen LogP contribution in [-0.4, -0.2) is 47.7 Å². The fraction of sp³-hybridized carbons (Fsp3) is 0.263. The Hall–Kier alpha value is -2.86. The van der Waals surface area contributed by atoms with E-state index in [2.05, 4.69) is 0 Å². The molecule has 0 aliphatic carbocycles. The van der Waals surface area contributed by atoms with Gasteiger partial charge in [-0.25, -0.2) is 0 Å². The van der Waals surface area contributed by atoms with Gasteiger partial charge in [-0.15, -0.1) is 0 Å². The molecule has 25 heavy (non-hydrogen) atoms. The number of benzene rings is 2. The zero-order valence-corrected chi connectivity index (χ0v) is 13.6. The Labute approximate surface area is 145 Å². The summed E-state index contributed by atoms with van der Waals surface area (Å²) in [5.74, 6) is -0.00853. The highest BCUT2D eigenvalue weighted by molar-refractivity contribution is 5.97. The summed E-state index contributed by atoms with van der Waals surface area (Å²) in [7, 11) is 0. The van der Waals surface area contributed by atoms with E-state index in [0.717, 1.165) is 0 Å². The van der Waals surface area contributed by atoms with Crippen molar-refractivity contribution in [1.82, 2.24) is 4.90 Å². The predicted octanol–water partition coefficient (Wildman–Crippen LogP) is 2.79. The van der Waals surface area contributed by atoms with E-state index in [1.165, 1.54) is 0 Å². The minimum Gasteiger partial charge on any atom is -0.481 e. The van der Waals surface area contributed by atoms with Gasteiger partial charge in [0.1, 0.15) is 11.5 Å². The molecule has 0 saturated carbocycles. The summed E-state index contributed by atoms with van der Waals surface area (Å²) in [5, 5.41) is 8.91. The molecule has 130 valence electrons. The largest absolute Gasteiger partial charge is 0.481 e. The number of rotatable bonds is 5. The number of carbonyl (C=O) groups is 2. The molecule has 3 rings (SSSR count). The molecule has 2 aromatic carbocycles. The van der Waals surface area contributed by atoms with Gasteiger partial charge in [-0.3, -0.25) is 9.59 Å². The molecule has 1 heterocycles. The maximum absolute atomic E-state index is 12.9. The third-order valence-electron chi connectivity index (χ3n) is 3.92. The lowest BCUT2D eigenvalue weighted by Crippen LogP contribution is -2.46. The second-order valence-corrected chi connectivity index (χ2v) is 5.75. The number of hydrogen-bond acceptors (Lipinski definition) is 4. The summed E-state index contributed by atoms with van der Waals surface area (Å²) >= 11 is 0. The summed E-state index contributed by atoms with van der Waals surface area (Å²) in [6.45, 7) is 1.00. The van der Waals surface area contributed by atoms with Gasteiger partial charge < -0.3 is 19.5 Å². The fourth-order valence-corrected chi connectivity index (χ4v) is 2.74. The van der Waals surface area contributed by atoms with Crippen molar-refractivity contribution in [3.8, 4) is 11.5 Å². The summed E-state index contributed by atoms with van der Waals surface area (Å²) < 4.78 is 11.3. The lowest BCUT2D eigenvalue weighted by molar-refractivity contribution is -0.141. The smallest absolute Gasteiger partial charge is 0.306 e. The molecule has 1 atom stereocenters. The first-order valence-electron chi connectivity index (χ1n) is 8.08. The number of carbonyl (C=O) groups excluding carboxylic acids is 1. The number of aliphatic carboxylic acids is 1. The number of carboxylic acid groups (broad SMARTS) is 1.